The van der Waals surface area contributed by atoms with E-state index in [1.807, 2.05) is 24.3 Å². The van der Waals surface area contributed by atoms with E-state index in [4.69, 9.17) is 10.3 Å². The average molecular weight is 339 g/mol. The van der Waals surface area contributed by atoms with Crippen molar-refractivity contribution in [3.63, 3.8) is 0 Å². The maximum atomic E-state index is 5.61. The fourth-order valence-electron chi connectivity index (χ4n) is 2.32. The van der Waals surface area contributed by atoms with Crippen molar-refractivity contribution in [3.05, 3.63) is 65.0 Å². The minimum atomic E-state index is 0.535. The Morgan fingerprint density at radius 2 is 1.83 bits per heavy atom. The molecule has 0 saturated heterocycles. The number of nitrogens with zero attached hydrogens (tertiary/aromatic N) is 2. The van der Waals surface area contributed by atoms with E-state index in [1.165, 1.54) is 16.0 Å². The van der Waals surface area contributed by atoms with Gasteiger partial charge in [0.05, 0.1) is 0 Å². The Bertz CT molecular complexity index is 812. The van der Waals surface area contributed by atoms with Gasteiger partial charge >= 0.3 is 0 Å². The monoisotopic (exact) mass is 339 g/mol. The van der Waals surface area contributed by atoms with Crippen molar-refractivity contribution in [1.29, 1.82) is 0 Å². The average Bonchev–Trinajstić information content (AvgIpc) is 3.07. The topological polar surface area (TPSA) is 64.9 Å². The number of rotatable bonds is 6. The predicted molar refractivity (Wildman–Crippen MR) is 98.0 cm³/mol. The lowest BCUT2D eigenvalue weighted by atomic mass is 10.1. The number of benzene rings is 2. The van der Waals surface area contributed by atoms with E-state index < -0.39 is 0 Å². The lowest BCUT2D eigenvalue weighted by molar-refractivity contribution is 0.383. The molecule has 0 radical (unpaired) electrons. The second-order valence-corrected chi connectivity index (χ2v) is 6.93. The van der Waals surface area contributed by atoms with E-state index in [0.717, 1.165) is 23.3 Å². The highest BCUT2D eigenvalue weighted by Gasteiger charge is 2.09. The molecule has 0 amide bonds. The van der Waals surface area contributed by atoms with Gasteiger partial charge in [-0.25, -0.2) is 0 Å². The summed E-state index contributed by atoms with van der Waals surface area (Å²) in [5, 5.41) is 4.07. The third-order valence-electron chi connectivity index (χ3n) is 3.98. The molecule has 2 aromatic carbocycles. The summed E-state index contributed by atoms with van der Waals surface area (Å²) in [5.41, 5.74) is 10.3. The molecule has 0 bridgehead atoms. The van der Waals surface area contributed by atoms with Crippen molar-refractivity contribution >= 4 is 11.8 Å². The van der Waals surface area contributed by atoms with Gasteiger partial charge in [0.1, 0.15) is 0 Å². The van der Waals surface area contributed by atoms with E-state index in [9.17, 15) is 0 Å². The third-order valence-corrected chi connectivity index (χ3v) is 4.97. The largest absolute Gasteiger partial charge is 0.339 e. The Balaban J connectivity index is 1.58. The van der Waals surface area contributed by atoms with E-state index in [1.54, 1.807) is 11.8 Å². The maximum absolute atomic E-state index is 5.61. The summed E-state index contributed by atoms with van der Waals surface area (Å²) in [5.74, 6) is 2.21. The molecule has 3 aromatic rings. The Kier molecular flexibility index (Phi) is 5.33. The van der Waals surface area contributed by atoms with E-state index in [0.29, 0.717) is 18.3 Å². The Labute approximate surface area is 146 Å². The molecule has 124 valence electrons. The van der Waals surface area contributed by atoms with Gasteiger partial charge in [0, 0.05) is 29.2 Å². The first-order valence-corrected chi connectivity index (χ1v) is 8.96. The van der Waals surface area contributed by atoms with Gasteiger partial charge in [-0.1, -0.05) is 35.5 Å². The molecule has 0 spiro atoms. The van der Waals surface area contributed by atoms with Crippen LogP contribution in [0.2, 0.25) is 0 Å². The molecule has 0 aliphatic carbocycles. The van der Waals surface area contributed by atoms with Gasteiger partial charge in [0.25, 0.3) is 0 Å². The SMILES string of the molecule is Cc1ccc(SCCc2nc(-c3ccc(CN)cc3)no2)cc1C. The van der Waals surface area contributed by atoms with Gasteiger partial charge in [0.15, 0.2) is 0 Å². The summed E-state index contributed by atoms with van der Waals surface area (Å²) in [7, 11) is 0. The first-order valence-electron chi connectivity index (χ1n) is 7.98. The lowest BCUT2D eigenvalue weighted by Crippen LogP contribution is -1.95. The minimum Gasteiger partial charge on any atom is -0.339 e. The number of nitrogens with two attached hydrogens (primary N) is 1. The molecule has 1 aromatic heterocycles. The predicted octanol–water partition coefficient (Wildman–Crippen LogP) is 4.15. The van der Waals surface area contributed by atoms with Crippen LogP contribution < -0.4 is 5.73 Å². The molecule has 1 heterocycles. The molecule has 0 aliphatic rings. The van der Waals surface area contributed by atoms with Crippen LogP contribution in [0.25, 0.3) is 11.4 Å². The van der Waals surface area contributed by atoms with Crippen LogP contribution in [0.1, 0.15) is 22.6 Å². The molecule has 0 unspecified atom stereocenters. The van der Waals surface area contributed by atoms with Crippen LogP contribution in [-0.4, -0.2) is 15.9 Å². The second-order valence-electron chi connectivity index (χ2n) is 5.76. The molecule has 0 atom stereocenters. The summed E-state index contributed by atoms with van der Waals surface area (Å²) in [4.78, 5) is 5.75. The van der Waals surface area contributed by atoms with E-state index in [2.05, 4.69) is 42.2 Å². The maximum Gasteiger partial charge on any atom is 0.227 e. The number of hydrogen-bond acceptors (Lipinski definition) is 5. The minimum absolute atomic E-state index is 0.535. The van der Waals surface area contributed by atoms with Crippen molar-refractivity contribution < 1.29 is 4.52 Å². The fourth-order valence-corrected chi connectivity index (χ4v) is 3.26. The zero-order valence-corrected chi connectivity index (χ0v) is 14.8. The van der Waals surface area contributed by atoms with Crippen molar-refractivity contribution in [2.24, 2.45) is 5.73 Å². The van der Waals surface area contributed by atoms with Crippen molar-refractivity contribution in [2.45, 2.75) is 31.7 Å². The highest BCUT2D eigenvalue weighted by Crippen LogP contribution is 2.22. The Morgan fingerprint density at radius 3 is 2.54 bits per heavy atom. The molecule has 4 nitrogen and oxygen atoms in total. The summed E-state index contributed by atoms with van der Waals surface area (Å²) in [6.07, 6.45) is 0.755. The number of aromatic nitrogens is 2. The first kappa shape index (κ1) is 16.7. The zero-order chi connectivity index (χ0) is 16.9. The van der Waals surface area contributed by atoms with E-state index in [-0.39, 0.29) is 0 Å². The molecule has 5 heteroatoms. The molecule has 0 aliphatic heterocycles. The van der Waals surface area contributed by atoms with Gasteiger partial charge in [-0.05, 0) is 42.7 Å². The molecule has 24 heavy (non-hydrogen) atoms. The number of aryl methyl sites for hydroxylation is 3. The van der Waals surface area contributed by atoms with Gasteiger partial charge in [0.2, 0.25) is 11.7 Å². The summed E-state index contributed by atoms with van der Waals surface area (Å²) in [6, 6.07) is 14.5. The quantitative estimate of drug-likeness (QED) is 0.684. The van der Waals surface area contributed by atoms with Gasteiger partial charge in [-0.2, -0.15) is 4.98 Å². The van der Waals surface area contributed by atoms with Gasteiger partial charge < -0.3 is 10.3 Å². The molecule has 2 N–H and O–H groups in total. The first-order chi connectivity index (χ1) is 11.7. The Morgan fingerprint density at radius 1 is 1.04 bits per heavy atom. The molecular weight excluding hydrogens is 318 g/mol. The second kappa shape index (κ2) is 7.64. The highest BCUT2D eigenvalue weighted by atomic mass is 32.2. The number of hydrogen-bond donors (Lipinski definition) is 1. The van der Waals surface area contributed by atoms with Crippen LogP contribution >= 0.6 is 11.8 Å². The van der Waals surface area contributed by atoms with E-state index >= 15 is 0 Å². The van der Waals surface area contributed by atoms with Crippen molar-refractivity contribution in [2.75, 3.05) is 5.75 Å². The van der Waals surface area contributed by atoms with Gasteiger partial charge in [-0.15, -0.1) is 11.8 Å². The zero-order valence-electron chi connectivity index (χ0n) is 14.0. The third kappa shape index (κ3) is 4.04. The normalized spacial score (nSPS) is 11.0. The molecule has 0 fully saturated rings. The molecule has 3 rings (SSSR count). The highest BCUT2D eigenvalue weighted by molar-refractivity contribution is 7.99. The lowest BCUT2D eigenvalue weighted by Gasteiger charge is -2.03. The van der Waals surface area contributed by atoms with Crippen LogP contribution in [0.4, 0.5) is 0 Å². The summed E-state index contributed by atoms with van der Waals surface area (Å²) < 4.78 is 5.36. The van der Waals surface area contributed by atoms with Crippen LogP contribution in [0.3, 0.4) is 0 Å². The van der Waals surface area contributed by atoms with Crippen molar-refractivity contribution in [3.8, 4) is 11.4 Å². The van der Waals surface area contributed by atoms with Crippen LogP contribution in [0.15, 0.2) is 51.9 Å². The summed E-state index contributed by atoms with van der Waals surface area (Å²) >= 11 is 1.81. The number of thioether (sulfide) groups is 1. The van der Waals surface area contributed by atoms with Crippen molar-refractivity contribution in [1.82, 2.24) is 10.1 Å². The fraction of sp³-hybridized carbons (Fsp3) is 0.263. The smallest absolute Gasteiger partial charge is 0.227 e. The summed E-state index contributed by atoms with van der Waals surface area (Å²) in [6.45, 7) is 4.80. The standard InChI is InChI=1S/C19H21N3OS/c1-13-3-8-17(11-14(13)2)24-10-9-18-21-19(22-23-18)16-6-4-15(12-20)5-7-16/h3-8,11H,9-10,12,20H2,1-2H3. The van der Waals surface area contributed by atoms with Crippen LogP contribution in [0.5, 0.6) is 0 Å². The van der Waals surface area contributed by atoms with Gasteiger partial charge in [-0.3, -0.25) is 0 Å². The van der Waals surface area contributed by atoms with Crippen LogP contribution in [0, 0.1) is 13.8 Å². The molecule has 0 saturated carbocycles. The van der Waals surface area contributed by atoms with Crippen LogP contribution in [-0.2, 0) is 13.0 Å². The Hall–Kier alpha value is -2.11. The molecular formula is C19H21N3OS.